The molecule has 2 aromatic carbocycles. The highest BCUT2D eigenvalue weighted by molar-refractivity contribution is 7.70. The van der Waals surface area contributed by atoms with Crippen molar-refractivity contribution in [2.24, 2.45) is 0 Å². The lowest BCUT2D eigenvalue weighted by Crippen LogP contribution is -2.03. The van der Waals surface area contributed by atoms with Gasteiger partial charge in [0.15, 0.2) is 17.0 Å². The summed E-state index contributed by atoms with van der Waals surface area (Å²) in [6, 6.07) is 13.4. The third kappa shape index (κ3) is 3.98. The number of aryl methyl sites for hydroxylation is 1. The average Bonchev–Trinajstić information content (AvgIpc) is 3.12. The van der Waals surface area contributed by atoms with E-state index in [1.54, 1.807) is 19.7 Å². The van der Waals surface area contributed by atoms with Crippen LogP contribution in [0.2, 0.25) is 0 Å². The molecule has 0 fully saturated rings. The highest BCUT2D eigenvalue weighted by Crippen LogP contribution is 2.35. The quantitative estimate of drug-likeness (QED) is 0.370. The molecule has 0 spiro atoms. The summed E-state index contributed by atoms with van der Waals surface area (Å²) in [4.78, 5) is 13.2. The Labute approximate surface area is 175 Å². The van der Waals surface area contributed by atoms with E-state index >= 15 is 0 Å². The highest BCUT2D eigenvalue weighted by Gasteiger charge is 2.12. The molecule has 0 aliphatic carbocycles. The number of hydrogen-bond acceptors (Lipinski definition) is 6. The van der Waals surface area contributed by atoms with Crippen LogP contribution in [0.1, 0.15) is 11.1 Å². The summed E-state index contributed by atoms with van der Waals surface area (Å²) in [7, 11) is -2.28. The summed E-state index contributed by atoms with van der Waals surface area (Å²) in [5, 5.41) is 4.11. The van der Waals surface area contributed by atoms with E-state index < -0.39 is 7.14 Å². The molecule has 0 aliphatic rings. The number of benzene rings is 2. The van der Waals surface area contributed by atoms with Gasteiger partial charge in [-0.2, -0.15) is 0 Å². The molecule has 0 aliphatic heterocycles. The Bertz CT molecular complexity index is 1270. The number of anilines is 3. The molecule has 0 saturated heterocycles. The van der Waals surface area contributed by atoms with E-state index in [0.717, 1.165) is 27.8 Å². The second-order valence-electron chi connectivity index (χ2n) is 7.46. The Kier molecular flexibility index (Phi) is 5.14. The lowest BCUT2D eigenvalue weighted by molar-refractivity contribution is 0.588. The van der Waals surface area contributed by atoms with Crippen LogP contribution in [0.5, 0.6) is 0 Å². The zero-order valence-corrected chi connectivity index (χ0v) is 18.0. The van der Waals surface area contributed by atoms with Gasteiger partial charge in [-0.3, -0.25) is 4.57 Å². The van der Waals surface area contributed by atoms with Crippen molar-refractivity contribution in [3.8, 4) is 0 Å². The number of rotatable bonds is 5. The molecule has 2 aromatic heterocycles. The Morgan fingerprint density at radius 2 is 1.83 bits per heavy atom. The molecule has 30 heavy (non-hydrogen) atoms. The first-order valence-electron chi connectivity index (χ1n) is 9.46. The van der Waals surface area contributed by atoms with Crippen LogP contribution in [-0.2, 0) is 4.57 Å². The van der Waals surface area contributed by atoms with Crippen LogP contribution >= 0.6 is 7.14 Å². The predicted molar refractivity (Wildman–Crippen MR) is 125 cm³/mol. The van der Waals surface area contributed by atoms with Gasteiger partial charge in [0, 0.05) is 28.4 Å². The van der Waals surface area contributed by atoms with Crippen molar-refractivity contribution in [3.05, 3.63) is 66.2 Å². The van der Waals surface area contributed by atoms with E-state index in [4.69, 9.17) is 5.73 Å². The molecule has 0 bridgehead atoms. The molecular weight excluding hydrogens is 395 g/mol. The summed E-state index contributed by atoms with van der Waals surface area (Å²) in [5.74, 6) is 0.603. The SMILES string of the molecule is Cc1cccc(N)c1/C=C/n1cnc2c(Nc3ccc(P(C)(C)=O)cc3)ncnc21. The molecule has 2 heterocycles. The molecule has 152 valence electrons. The van der Waals surface area contributed by atoms with E-state index in [0.29, 0.717) is 17.0 Å². The molecule has 3 N–H and O–H groups in total. The number of nitrogens with zero attached hydrogens (tertiary/aromatic N) is 4. The van der Waals surface area contributed by atoms with E-state index in [-0.39, 0.29) is 0 Å². The first-order chi connectivity index (χ1) is 14.3. The minimum absolute atomic E-state index is 0.603. The van der Waals surface area contributed by atoms with Gasteiger partial charge in [0.2, 0.25) is 0 Å². The van der Waals surface area contributed by atoms with Crippen molar-refractivity contribution in [3.63, 3.8) is 0 Å². The second kappa shape index (κ2) is 7.76. The van der Waals surface area contributed by atoms with E-state index in [1.807, 2.05) is 66.2 Å². The minimum Gasteiger partial charge on any atom is -0.398 e. The molecule has 0 amide bonds. The summed E-state index contributed by atoms with van der Waals surface area (Å²) in [6.45, 7) is 5.54. The summed E-state index contributed by atoms with van der Waals surface area (Å²) < 4.78 is 14.0. The summed E-state index contributed by atoms with van der Waals surface area (Å²) in [6.07, 6.45) is 7.04. The number of hydrogen-bond donors (Lipinski definition) is 2. The van der Waals surface area contributed by atoms with Gasteiger partial charge in [-0.05, 0) is 62.2 Å². The number of aromatic nitrogens is 4. The van der Waals surface area contributed by atoms with Crippen molar-refractivity contribution < 1.29 is 4.57 Å². The van der Waals surface area contributed by atoms with Crippen LogP contribution < -0.4 is 16.4 Å². The third-order valence-corrected chi connectivity index (χ3v) is 6.41. The normalized spacial score (nSPS) is 12.0. The van der Waals surface area contributed by atoms with Gasteiger partial charge < -0.3 is 15.6 Å². The summed E-state index contributed by atoms with van der Waals surface area (Å²) in [5.41, 5.74) is 11.1. The molecule has 4 aromatic rings. The largest absolute Gasteiger partial charge is 0.398 e. The standard InChI is InChI=1S/C22H23N6OP/c1-15-5-4-6-19(23)18(15)11-12-28-14-26-20-21(24-13-25-22(20)28)27-16-7-9-17(10-8-16)30(2,3)29/h4-14H,23H2,1-3H3,(H,24,25,27)/b12-11+. The maximum atomic E-state index is 12.2. The highest BCUT2D eigenvalue weighted by atomic mass is 31.2. The topological polar surface area (TPSA) is 98.7 Å². The molecule has 0 unspecified atom stereocenters. The van der Waals surface area contributed by atoms with Crippen LogP contribution in [-0.4, -0.2) is 32.8 Å². The van der Waals surface area contributed by atoms with Crippen molar-refractivity contribution in [1.82, 2.24) is 19.5 Å². The van der Waals surface area contributed by atoms with Gasteiger partial charge in [0.1, 0.15) is 19.8 Å². The van der Waals surface area contributed by atoms with Gasteiger partial charge in [-0.15, -0.1) is 0 Å². The fourth-order valence-electron chi connectivity index (χ4n) is 3.18. The Hall–Kier alpha value is -3.44. The van der Waals surface area contributed by atoms with E-state index in [2.05, 4.69) is 20.3 Å². The Morgan fingerprint density at radius 3 is 2.53 bits per heavy atom. The zero-order valence-electron chi connectivity index (χ0n) is 17.1. The van der Waals surface area contributed by atoms with Crippen LogP contribution in [0, 0.1) is 6.92 Å². The Balaban J connectivity index is 1.64. The molecule has 0 radical (unpaired) electrons. The monoisotopic (exact) mass is 418 g/mol. The minimum atomic E-state index is -2.28. The number of nitrogens with two attached hydrogens (primary N) is 1. The second-order valence-corrected chi connectivity index (χ2v) is 10.7. The number of fused-ring (bicyclic) bond motifs is 1. The van der Waals surface area contributed by atoms with Crippen LogP contribution in [0.15, 0.2) is 55.1 Å². The van der Waals surface area contributed by atoms with E-state index in [1.165, 1.54) is 6.33 Å². The van der Waals surface area contributed by atoms with Crippen molar-refractivity contribution in [2.75, 3.05) is 24.4 Å². The molecule has 8 heteroatoms. The van der Waals surface area contributed by atoms with Gasteiger partial charge in [0.25, 0.3) is 0 Å². The lowest BCUT2D eigenvalue weighted by atomic mass is 10.1. The predicted octanol–water partition coefficient (Wildman–Crippen LogP) is 4.34. The molecule has 4 rings (SSSR count). The van der Waals surface area contributed by atoms with E-state index in [9.17, 15) is 4.57 Å². The first-order valence-corrected chi connectivity index (χ1v) is 12.1. The molecule has 7 nitrogen and oxygen atoms in total. The van der Waals surface area contributed by atoms with Crippen molar-refractivity contribution in [2.45, 2.75) is 6.92 Å². The maximum Gasteiger partial charge on any atom is 0.169 e. The smallest absolute Gasteiger partial charge is 0.169 e. The first kappa shape index (κ1) is 19.9. The maximum absolute atomic E-state index is 12.2. The molecule has 0 atom stereocenters. The van der Waals surface area contributed by atoms with Gasteiger partial charge in [-0.25, -0.2) is 15.0 Å². The fourth-order valence-corrected chi connectivity index (χ4v) is 4.05. The average molecular weight is 418 g/mol. The van der Waals surface area contributed by atoms with Crippen molar-refractivity contribution >= 4 is 53.1 Å². The number of nitrogen functional groups attached to an aromatic ring is 1. The molecule has 0 saturated carbocycles. The summed E-state index contributed by atoms with van der Waals surface area (Å²) >= 11 is 0. The Morgan fingerprint density at radius 1 is 1.07 bits per heavy atom. The lowest BCUT2D eigenvalue weighted by Gasteiger charge is -2.09. The number of nitrogens with one attached hydrogen (secondary N) is 1. The third-order valence-electron chi connectivity index (χ3n) is 4.87. The van der Waals surface area contributed by atoms with Crippen LogP contribution in [0.3, 0.4) is 0 Å². The van der Waals surface area contributed by atoms with Gasteiger partial charge in [0.05, 0.1) is 0 Å². The van der Waals surface area contributed by atoms with Gasteiger partial charge >= 0.3 is 0 Å². The van der Waals surface area contributed by atoms with Crippen LogP contribution in [0.4, 0.5) is 17.2 Å². The fraction of sp³-hybridized carbons (Fsp3) is 0.136. The zero-order chi connectivity index (χ0) is 21.3. The van der Waals surface area contributed by atoms with Crippen molar-refractivity contribution in [1.29, 1.82) is 0 Å². The molecular formula is C22H23N6OP. The van der Waals surface area contributed by atoms with Crippen LogP contribution in [0.25, 0.3) is 23.4 Å². The van der Waals surface area contributed by atoms with Gasteiger partial charge in [-0.1, -0.05) is 12.1 Å². The number of imidazole rings is 1.